The van der Waals surface area contributed by atoms with Crippen molar-refractivity contribution in [2.75, 3.05) is 40.6 Å². The molecule has 0 atom stereocenters. The molecule has 3 rings (SSSR count). The topological polar surface area (TPSA) is 92.1 Å². The number of benzene rings is 1. The second-order valence-corrected chi connectivity index (χ2v) is 6.13. The molecule has 0 bridgehead atoms. The standard InChI is InChI=1S/C22H21N3O5/c1-4-15-11-16(5-6-19(15)26)25-22-17-12-20(29-9-7-27-2)21(30-10-8-28-3)13-18(17)23-14-24-22/h1,5-6,11-14H,7-10H2,2-3H3. The first-order valence-electron chi connectivity index (χ1n) is 9.18. The van der Waals surface area contributed by atoms with Gasteiger partial charge in [0, 0.05) is 25.7 Å². The van der Waals surface area contributed by atoms with Crippen molar-refractivity contribution in [1.29, 1.82) is 0 Å². The Kier molecular flexibility index (Phi) is 7.27. The normalized spacial score (nSPS) is 14.6. The molecule has 30 heavy (non-hydrogen) atoms. The lowest BCUT2D eigenvalue weighted by Gasteiger charge is -2.14. The lowest BCUT2D eigenvalue weighted by molar-refractivity contribution is -0.111. The van der Waals surface area contributed by atoms with E-state index in [1.807, 2.05) is 0 Å². The molecule has 0 saturated heterocycles. The summed E-state index contributed by atoms with van der Waals surface area (Å²) >= 11 is 0. The Morgan fingerprint density at radius 2 is 1.70 bits per heavy atom. The van der Waals surface area contributed by atoms with Crippen molar-refractivity contribution in [3.63, 3.8) is 0 Å². The molecule has 8 nitrogen and oxygen atoms in total. The average Bonchev–Trinajstić information content (AvgIpc) is 2.76. The number of aliphatic imine (C=N–C) groups is 1. The highest BCUT2D eigenvalue weighted by molar-refractivity contribution is 6.21. The van der Waals surface area contributed by atoms with Gasteiger partial charge in [-0.05, 0) is 24.3 Å². The van der Waals surface area contributed by atoms with Crippen LogP contribution < -0.4 is 9.47 Å². The molecule has 0 saturated carbocycles. The lowest BCUT2D eigenvalue weighted by atomic mass is 10.0. The summed E-state index contributed by atoms with van der Waals surface area (Å²) in [6.45, 7) is 1.57. The van der Waals surface area contributed by atoms with Crippen molar-refractivity contribution in [2.45, 2.75) is 0 Å². The first-order chi connectivity index (χ1) is 14.7. The van der Waals surface area contributed by atoms with Gasteiger partial charge in [0.2, 0.25) is 0 Å². The van der Waals surface area contributed by atoms with Crippen LogP contribution in [0.25, 0.3) is 10.9 Å². The number of ether oxygens (including phenoxy) is 4. The fourth-order valence-corrected chi connectivity index (χ4v) is 2.66. The summed E-state index contributed by atoms with van der Waals surface area (Å²) in [5.41, 5.74) is 1.39. The third-order valence-corrected chi connectivity index (χ3v) is 4.12. The van der Waals surface area contributed by atoms with Crippen LogP contribution in [0.5, 0.6) is 11.5 Å². The van der Waals surface area contributed by atoms with Crippen molar-refractivity contribution in [1.82, 2.24) is 9.97 Å². The molecule has 0 N–H and O–H groups in total. The zero-order valence-corrected chi connectivity index (χ0v) is 16.8. The fraction of sp³-hybridized carbons (Fsp3) is 0.273. The van der Waals surface area contributed by atoms with E-state index in [2.05, 4.69) is 20.9 Å². The SMILES string of the molecule is C#CC1=CC(=Nc2ncnc3cc(OCCOC)c(OCCOC)cc23)C=CC1=O. The van der Waals surface area contributed by atoms with Crippen molar-refractivity contribution in [3.8, 4) is 23.8 Å². The van der Waals surface area contributed by atoms with Gasteiger partial charge in [-0.3, -0.25) is 4.79 Å². The number of carbonyl (C=O) groups is 1. The number of ketones is 1. The highest BCUT2D eigenvalue weighted by Gasteiger charge is 2.14. The van der Waals surface area contributed by atoms with Crippen LogP contribution in [-0.2, 0) is 14.3 Å². The van der Waals surface area contributed by atoms with Crippen LogP contribution in [0, 0.1) is 12.3 Å². The Balaban J connectivity index is 2.02. The molecule has 0 radical (unpaired) electrons. The van der Waals surface area contributed by atoms with Crippen LogP contribution in [0.4, 0.5) is 5.82 Å². The number of methoxy groups -OCH3 is 2. The van der Waals surface area contributed by atoms with Crippen LogP contribution in [0.2, 0.25) is 0 Å². The summed E-state index contributed by atoms with van der Waals surface area (Å²) in [5, 5.41) is 0.664. The second kappa shape index (κ2) is 10.3. The minimum absolute atomic E-state index is 0.226. The quantitative estimate of drug-likeness (QED) is 0.358. The first-order valence-corrected chi connectivity index (χ1v) is 9.18. The third kappa shape index (κ3) is 5.08. The Morgan fingerprint density at radius 1 is 1.00 bits per heavy atom. The van der Waals surface area contributed by atoms with Gasteiger partial charge in [0.1, 0.15) is 19.5 Å². The maximum atomic E-state index is 11.7. The minimum atomic E-state index is -0.226. The maximum absolute atomic E-state index is 11.7. The van der Waals surface area contributed by atoms with Crippen LogP contribution in [0.1, 0.15) is 0 Å². The molecule has 2 aromatic rings. The van der Waals surface area contributed by atoms with E-state index in [0.29, 0.717) is 60.4 Å². The van der Waals surface area contributed by atoms with Crippen LogP contribution in [0.15, 0.2) is 47.3 Å². The number of hydrogen-bond acceptors (Lipinski definition) is 8. The van der Waals surface area contributed by atoms with E-state index >= 15 is 0 Å². The minimum Gasteiger partial charge on any atom is -0.487 e. The predicted octanol–water partition coefficient (Wildman–Crippen LogP) is 2.45. The van der Waals surface area contributed by atoms with E-state index in [0.717, 1.165) is 0 Å². The van der Waals surface area contributed by atoms with Gasteiger partial charge in [-0.1, -0.05) is 5.92 Å². The highest BCUT2D eigenvalue weighted by atomic mass is 16.5. The van der Waals surface area contributed by atoms with Crippen molar-refractivity contribution >= 4 is 28.2 Å². The second-order valence-electron chi connectivity index (χ2n) is 6.13. The highest BCUT2D eigenvalue weighted by Crippen LogP contribution is 2.35. The number of nitrogens with zero attached hydrogens (tertiary/aromatic N) is 3. The van der Waals surface area contributed by atoms with E-state index in [1.165, 1.54) is 12.4 Å². The maximum Gasteiger partial charge on any atom is 0.194 e. The zero-order chi connectivity index (χ0) is 21.3. The first kappa shape index (κ1) is 21.2. The summed E-state index contributed by atoms with van der Waals surface area (Å²) in [6.07, 6.45) is 11.3. The van der Waals surface area contributed by atoms with E-state index in [9.17, 15) is 4.79 Å². The van der Waals surface area contributed by atoms with Gasteiger partial charge in [0.25, 0.3) is 0 Å². The molecule has 0 fully saturated rings. The summed E-state index contributed by atoms with van der Waals surface area (Å²) < 4.78 is 21.7. The molecule has 0 aliphatic heterocycles. The zero-order valence-electron chi connectivity index (χ0n) is 16.8. The van der Waals surface area contributed by atoms with E-state index in [4.69, 9.17) is 25.4 Å². The molecule has 1 aliphatic rings. The van der Waals surface area contributed by atoms with Gasteiger partial charge in [0.05, 0.1) is 30.0 Å². The van der Waals surface area contributed by atoms with Crippen molar-refractivity contribution in [3.05, 3.63) is 42.3 Å². The Hall–Kier alpha value is -3.54. The molecule has 0 unspecified atom stereocenters. The molecule has 1 aliphatic carbocycles. The molecular weight excluding hydrogens is 386 g/mol. The van der Waals surface area contributed by atoms with Crippen LogP contribution in [-0.4, -0.2) is 62.1 Å². The number of hydrogen-bond donors (Lipinski definition) is 0. The monoisotopic (exact) mass is 407 g/mol. The molecular formula is C22H21N3O5. The average molecular weight is 407 g/mol. The fourth-order valence-electron chi connectivity index (χ4n) is 2.66. The number of carbonyl (C=O) groups excluding carboxylic acids is 1. The smallest absolute Gasteiger partial charge is 0.194 e. The largest absolute Gasteiger partial charge is 0.487 e. The number of fused-ring (bicyclic) bond motifs is 1. The number of allylic oxidation sites excluding steroid dienone is 4. The van der Waals surface area contributed by atoms with Crippen LogP contribution >= 0.6 is 0 Å². The molecule has 0 spiro atoms. The van der Waals surface area contributed by atoms with Gasteiger partial charge in [-0.25, -0.2) is 15.0 Å². The molecule has 8 heteroatoms. The van der Waals surface area contributed by atoms with Gasteiger partial charge in [0.15, 0.2) is 23.1 Å². The third-order valence-electron chi connectivity index (χ3n) is 4.12. The summed E-state index contributed by atoms with van der Waals surface area (Å²) in [7, 11) is 3.20. The Morgan fingerprint density at radius 3 is 2.37 bits per heavy atom. The molecule has 0 amide bonds. The van der Waals surface area contributed by atoms with Gasteiger partial charge in [-0.2, -0.15) is 0 Å². The molecule has 1 heterocycles. The Labute approximate surface area is 174 Å². The van der Waals surface area contributed by atoms with Gasteiger partial charge in [-0.15, -0.1) is 6.42 Å². The number of aromatic nitrogens is 2. The van der Waals surface area contributed by atoms with E-state index < -0.39 is 0 Å². The predicted molar refractivity (Wildman–Crippen MR) is 112 cm³/mol. The van der Waals surface area contributed by atoms with Crippen molar-refractivity contribution < 1.29 is 23.7 Å². The Bertz CT molecular complexity index is 1070. The summed E-state index contributed by atoms with van der Waals surface area (Å²) in [4.78, 5) is 24.8. The van der Waals surface area contributed by atoms with Gasteiger partial charge >= 0.3 is 0 Å². The lowest BCUT2D eigenvalue weighted by Crippen LogP contribution is -2.09. The van der Waals surface area contributed by atoms with Gasteiger partial charge < -0.3 is 18.9 Å². The van der Waals surface area contributed by atoms with Crippen LogP contribution in [0.3, 0.4) is 0 Å². The van der Waals surface area contributed by atoms with Crippen molar-refractivity contribution in [2.24, 2.45) is 4.99 Å². The number of terminal acetylenes is 1. The molecule has 1 aromatic carbocycles. The molecule has 154 valence electrons. The molecule has 1 aromatic heterocycles. The van der Waals surface area contributed by atoms with E-state index in [-0.39, 0.29) is 11.4 Å². The number of rotatable bonds is 9. The summed E-state index contributed by atoms with van der Waals surface area (Å²) in [5.74, 6) is 3.60. The van der Waals surface area contributed by atoms with E-state index in [1.54, 1.807) is 38.5 Å². The summed E-state index contributed by atoms with van der Waals surface area (Å²) in [6, 6.07) is 3.54.